The molecule has 0 aliphatic carbocycles. The molecule has 0 fully saturated rings. The Bertz CT molecular complexity index is 788. The Labute approximate surface area is 153 Å². The molecule has 0 saturated heterocycles. The zero-order valence-corrected chi connectivity index (χ0v) is 15.4. The van der Waals surface area contributed by atoms with Crippen molar-refractivity contribution in [3.05, 3.63) is 53.6 Å². The quantitative estimate of drug-likeness (QED) is 0.770. The van der Waals surface area contributed by atoms with E-state index in [2.05, 4.69) is 5.32 Å². The summed E-state index contributed by atoms with van der Waals surface area (Å²) >= 11 is 0. The standard InChI is InChI=1S/C20H23NO5/c1-13-8-7-11-17(14(13)2)25-12-19(22)26-15(3)20(23)21-16-9-5-6-10-18(16)24-4/h5-11,15H,12H2,1-4H3,(H,21,23)/t15-/m0/s1. The second kappa shape index (κ2) is 8.89. The number of hydrogen-bond donors (Lipinski definition) is 1. The fourth-order valence-corrected chi connectivity index (χ4v) is 2.28. The fourth-order valence-electron chi connectivity index (χ4n) is 2.28. The second-order valence-corrected chi connectivity index (χ2v) is 5.81. The predicted molar refractivity (Wildman–Crippen MR) is 98.6 cm³/mol. The van der Waals surface area contributed by atoms with Crippen molar-refractivity contribution in [1.29, 1.82) is 0 Å². The maximum atomic E-state index is 12.2. The number of esters is 1. The van der Waals surface area contributed by atoms with E-state index >= 15 is 0 Å². The summed E-state index contributed by atoms with van der Waals surface area (Å²) in [7, 11) is 1.51. The number of methoxy groups -OCH3 is 1. The molecule has 0 saturated carbocycles. The molecule has 6 heteroatoms. The van der Waals surface area contributed by atoms with Gasteiger partial charge in [0.15, 0.2) is 12.7 Å². The minimum Gasteiger partial charge on any atom is -0.495 e. The Morgan fingerprint density at radius 2 is 1.73 bits per heavy atom. The van der Waals surface area contributed by atoms with Gasteiger partial charge in [0.05, 0.1) is 12.8 Å². The molecule has 2 rings (SSSR count). The molecular formula is C20H23NO5. The summed E-state index contributed by atoms with van der Waals surface area (Å²) in [6.45, 7) is 5.11. The highest BCUT2D eigenvalue weighted by Gasteiger charge is 2.19. The second-order valence-electron chi connectivity index (χ2n) is 5.81. The lowest BCUT2D eigenvalue weighted by atomic mass is 10.1. The first-order valence-corrected chi connectivity index (χ1v) is 8.24. The molecule has 0 aromatic heterocycles. The van der Waals surface area contributed by atoms with Crippen molar-refractivity contribution in [2.45, 2.75) is 26.9 Å². The first-order valence-electron chi connectivity index (χ1n) is 8.24. The van der Waals surface area contributed by atoms with Crippen LogP contribution in [0.4, 0.5) is 5.69 Å². The SMILES string of the molecule is COc1ccccc1NC(=O)[C@H](C)OC(=O)COc1cccc(C)c1C. The van der Waals surface area contributed by atoms with E-state index in [0.717, 1.165) is 11.1 Å². The molecule has 0 unspecified atom stereocenters. The van der Waals surface area contributed by atoms with Gasteiger partial charge in [0, 0.05) is 0 Å². The summed E-state index contributed by atoms with van der Waals surface area (Å²) in [5.74, 6) is 0.0777. The average Bonchev–Trinajstić information content (AvgIpc) is 2.63. The predicted octanol–water partition coefficient (Wildman–Crippen LogP) is 3.26. The number of rotatable bonds is 7. The van der Waals surface area contributed by atoms with Crippen LogP contribution in [0.2, 0.25) is 0 Å². The fraction of sp³-hybridized carbons (Fsp3) is 0.300. The number of hydrogen-bond acceptors (Lipinski definition) is 5. The van der Waals surface area contributed by atoms with Crippen molar-refractivity contribution in [2.24, 2.45) is 0 Å². The molecule has 6 nitrogen and oxygen atoms in total. The van der Waals surface area contributed by atoms with Crippen LogP contribution in [0.3, 0.4) is 0 Å². The van der Waals surface area contributed by atoms with Crippen molar-refractivity contribution in [3.8, 4) is 11.5 Å². The minimum absolute atomic E-state index is 0.267. The summed E-state index contributed by atoms with van der Waals surface area (Å²) in [5, 5.41) is 2.67. The molecule has 0 radical (unpaired) electrons. The summed E-state index contributed by atoms with van der Waals surface area (Å²) in [4.78, 5) is 24.2. The molecule has 1 amide bonds. The third-order valence-corrected chi connectivity index (χ3v) is 3.94. The number of amides is 1. The van der Waals surface area contributed by atoms with Gasteiger partial charge in [-0.1, -0.05) is 24.3 Å². The van der Waals surface area contributed by atoms with Crippen molar-refractivity contribution >= 4 is 17.6 Å². The Hall–Kier alpha value is -3.02. The minimum atomic E-state index is -0.963. The molecule has 2 aromatic carbocycles. The van der Waals surface area contributed by atoms with Gasteiger partial charge in [0.1, 0.15) is 11.5 Å². The maximum absolute atomic E-state index is 12.2. The van der Waals surface area contributed by atoms with Crippen LogP contribution in [0.25, 0.3) is 0 Å². The zero-order valence-electron chi connectivity index (χ0n) is 15.4. The Morgan fingerprint density at radius 3 is 2.46 bits per heavy atom. The lowest BCUT2D eigenvalue weighted by Crippen LogP contribution is -2.31. The van der Waals surface area contributed by atoms with E-state index in [1.54, 1.807) is 30.3 Å². The largest absolute Gasteiger partial charge is 0.495 e. The highest BCUT2D eigenvalue weighted by atomic mass is 16.6. The first-order chi connectivity index (χ1) is 12.4. The number of carbonyl (C=O) groups excluding carboxylic acids is 2. The molecule has 0 aliphatic heterocycles. The third kappa shape index (κ3) is 4.99. The third-order valence-electron chi connectivity index (χ3n) is 3.94. The lowest BCUT2D eigenvalue weighted by molar-refractivity contribution is -0.155. The van der Waals surface area contributed by atoms with E-state index < -0.39 is 18.0 Å². The van der Waals surface area contributed by atoms with E-state index in [1.807, 2.05) is 26.0 Å². The number of aryl methyl sites for hydroxylation is 1. The smallest absolute Gasteiger partial charge is 0.344 e. The van der Waals surface area contributed by atoms with Crippen molar-refractivity contribution in [1.82, 2.24) is 0 Å². The zero-order chi connectivity index (χ0) is 19.1. The maximum Gasteiger partial charge on any atom is 0.344 e. The molecule has 2 aromatic rings. The summed E-state index contributed by atoms with van der Waals surface area (Å²) in [6.07, 6.45) is -0.963. The highest BCUT2D eigenvalue weighted by Crippen LogP contribution is 2.23. The van der Waals surface area contributed by atoms with Gasteiger partial charge in [-0.2, -0.15) is 0 Å². The normalized spacial score (nSPS) is 11.4. The van der Waals surface area contributed by atoms with E-state index in [1.165, 1.54) is 14.0 Å². The van der Waals surface area contributed by atoms with Crippen molar-refractivity contribution in [2.75, 3.05) is 19.0 Å². The highest BCUT2D eigenvalue weighted by molar-refractivity contribution is 5.96. The summed E-state index contributed by atoms with van der Waals surface area (Å²) < 4.78 is 15.8. The van der Waals surface area contributed by atoms with Crippen LogP contribution in [0.5, 0.6) is 11.5 Å². The van der Waals surface area contributed by atoms with Gasteiger partial charge >= 0.3 is 5.97 Å². The molecule has 138 valence electrons. The van der Waals surface area contributed by atoms with E-state index in [4.69, 9.17) is 14.2 Å². The topological polar surface area (TPSA) is 73.9 Å². The first kappa shape index (κ1) is 19.3. The van der Waals surface area contributed by atoms with Crippen LogP contribution in [0.1, 0.15) is 18.1 Å². The molecule has 1 N–H and O–H groups in total. The van der Waals surface area contributed by atoms with Gasteiger partial charge in [-0.05, 0) is 50.1 Å². The Balaban J connectivity index is 1.88. The number of ether oxygens (including phenoxy) is 3. The Morgan fingerprint density at radius 1 is 1.04 bits per heavy atom. The summed E-state index contributed by atoms with van der Waals surface area (Å²) in [6, 6.07) is 12.6. The van der Waals surface area contributed by atoms with Gasteiger partial charge in [0.25, 0.3) is 5.91 Å². The number of para-hydroxylation sites is 2. The van der Waals surface area contributed by atoms with Gasteiger partial charge in [-0.25, -0.2) is 4.79 Å². The van der Waals surface area contributed by atoms with Gasteiger partial charge in [-0.15, -0.1) is 0 Å². The monoisotopic (exact) mass is 357 g/mol. The molecule has 1 atom stereocenters. The number of carbonyl (C=O) groups is 2. The average molecular weight is 357 g/mol. The Kier molecular flexibility index (Phi) is 6.60. The lowest BCUT2D eigenvalue weighted by Gasteiger charge is -2.16. The van der Waals surface area contributed by atoms with Crippen LogP contribution in [0.15, 0.2) is 42.5 Å². The number of nitrogens with one attached hydrogen (secondary N) is 1. The van der Waals surface area contributed by atoms with Gasteiger partial charge in [0.2, 0.25) is 0 Å². The van der Waals surface area contributed by atoms with Crippen LogP contribution in [-0.2, 0) is 14.3 Å². The van der Waals surface area contributed by atoms with Crippen molar-refractivity contribution < 1.29 is 23.8 Å². The van der Waals surface area contributed by atoms with Crippen LogP contribution >= 0.6 is 0 Å². The number of anilines is 1. The van der Waals surface area contributed by atoms with E-state index in [-0.39, 0.29) is 6.61 Å². The number of benzene rings is 2. The molecule has 26 heavy (non-hydrogen) atoms. The van der Waals surface area contributed by atoms with E-state index in [9.17, 15) is 9.59 Å². The van der Waals surface area contributed by atoms with Crippen LogP contribution < -0.4 is 14.8 Å². The molecular weight excluding hydrogens is 334 g/mol. The van der Waals surface area contributed by atoms with Gasteiger partial charge in [-0.3, -0.25) is 4.79 Å². The summed E-state index contributed by atoms with van der Waals surface area (Å²) in [5.41, 5.74) is 2.54. The molecule has 0 heterocycles. The molecule has 0 spiro atoms. The van der Waals surface area contributed by atoms with Crippen LogP contribution in [0, 0.1) is 13.8 Å². The molecule has 0 aliphatic rings. The van der Waals surface area contributed by atoms with Gasteiger partial charge < -0.3 is 19.5 Å². The van der Waals surface area contributed by atoms with Crippen molar-refractivity contribution in [3.63, 3.8) is 0 Å². The van der Waals surface area contributed by atoms with E-state index in [0.29, 0.717) is 17.2 Å². The molecule has 0 bridgehead atoms. The van der Waals surface area contributed by atoms with Crippen LogP contribution in [-0.4, -0.2) is 31.7 Å².